The summed E-state index contributed by atoms with van der Waals surface area (Å²) in [6, 6.07) is 14.5. The van der Waals surface area contributed by atoms with Gasteiger partial charge in [-0.15, -0.1) is 0 Å². The lowest BCUT2D eigenvalue weighted by Gasteiger charge is -2.42. The van der Waals surface area contributed by atoms with Crippen LogP contribution in [0, 0.1) is 15.5 Å². The molecule has 0 saturated heterocycles. The van der Waals surface area contributed by atoms with Gasteiger partial charge in [-0.25, -0.2) is 0 Å². The Morgan fingerprint density at radius 2 is 1.90 bits per heavy atom. The van der Waals surface area contributed by atoms with E-state index in [1.807, 2.05) is 24.3 Å². The summed E-state index contributed by atoms with van der Waals surface area (Å²) in [7, 11) is 0. The van der Waals surface area contributed by atoms with Gasteiger partial charge >= 0.3 is 0 Å². The molecule has 1 N–H and O–H groups in total. The zero-order valence-electron chi connectivity index (χ0n) is 16.8. The Labute approximate surface area is 173 Å². The third-order valence-corrected chi connectivity index (χ3v) is 6.32. The molecule has 0 saturated carbocycles. The number of nitro benzene ring substituents is 1. The molecule has 1 aliphatic heterocycles. The SMILES string of the molecule is CC1(C)CCC(=O)C2=C1Nc1ccc3ncccc3c1C2c1ccc([N+](=O)[O-])cc1. The molecule has 6 nitrogen and oxygen atoms in total. The van der Waals surface area contributed by atoms with Gasteiger partial charge in [0.05, 0.1) is 10.4 Å². The van der Waals surface area contributed by atoms with E-state index in [0.717, 1.165) is 45.4 Å². The molecule has 2 aliphatic rings. The molecule has 1 atom stereocenters. The first kappa shape index (κ1) is 18.5. The summed E-state index contributed by atoms with van der Waals surface area (Å²) >= 11 is 0. The van der Waals surface area contributed by atoms with Gasteiger partial charge in [0.1, 0.15) is 0 Å². The van der Waals surface area contributed by atoms with Crippen molar-refractivity contribution in [3.05, 3.63) is 87.2 Å². The number of carbonyl (C=O) groups excluding carboxylic acids is 1. The average Bonchev–Trinajstić information content (AvgIpc) is 2.75. The largest absolute Gasteiger partial charge is 0.358 e. The molecule has 1 aliphatic carbocycles. The molecular formula is C24H21N3O3. The van der Waals surface area contributed by atoms with Crippen molar-refractivity contribution in [1.82, 2.24) is 4.98 Å². The van der Waals surface area contributed by atoms with E-state index in [0.29, 0.717) is 6.42 Å². The number of rotatable bonds is 2. The number of nitro groups is 1. The van der Waals surface area contributed by atoms with E-state index in [1.165, 1.54) is 12.1 Å². The number of anilines is 1. The quantitative estimate of drug-likeness (QED) is 0.464. The molecule has 1 unspecified atom stereocenters. The minimum absolute atomic E-state index is 0.0389. The Hall–Kier alpha value is -3.54. The Balaban J connectivity index is 1.82. The summed E-state index contributed by atoms with van der Waals surface area (Å²) in [5.41, 5.74) is 5.29. The van der Waals surface area contributed by atoms with E-state index >= 15 is 0 Å². The number of ketones is 1. The van der Waals surface area contributed by atoms with Crippen LogP contribution in [0.3, 0.4) is 0 Å². The topological polar surface area (TPSA) is 85.1 Å². The van der Waals surface area contributed by atoms with Crippen molar-refractivity contribution < 1.29 is 9.72 Å². The van der Waals surface area contributed by atoms with Crippen LogP contribution in [0.1, 0.15) is 43.7 Å². The number of fused-ring (bicyclic) bond motifs is 3. The Bertz CT molecular complexity index is 1240. The third kappa shape index (κ3) is 2.71. The van der Waals surface area contributed by atoms with Crippen molar-refractivity contribution >= 4 is 28.1 Å². The van der Waals surface area contributed by atoms with Gasteiger partial charge in [-0.3, -0.25) is 19.9 Å². The second-order valence-electron chi connectivity index (χ2n) is 8.60. The van der Waals surface area contributed by atoms with Gasteiger partial charge in [-0.2, -0.15) is 0 Å². The third-order valence-electron chi connectivity index (χ3n) is 6.32. The first-order chi connectivity index (χ1) is 14.4. The van der Waals surface area contributed by atoms with E-state index in [9.17, 15) is 14.9 Å². The fourth-order valence-corrected chi connectivity index (χ4v) is 4.73. The van der Waals surface area contributed by atoms with Crippen LogP contribution in [0.2, 0.25) is 0 Å². The predicted molar refractivity (Wildman–Crippen MR) is 115 cm³/mol. The van der Waals surface area contributed by atoms with Gasteiger partial charge in [0.25, 0.3) is 5.69 Å². The van der Waals surface area contributed by atoms with Crippen molar-refractivity contribution in [3.8, 4) is 0 Å². The molecule has 2 heterocycles. The summed E-state index contributed by atoms with van der Waals surface area (Å²) in [5.74, 6) is -0.163. The first-order valence-corrected chi connectivity index (χ1v) is 10.0. The van der Waals surface area contributed by atoms with Crippen LogP contribution in [0.25, 0.3) is 10.9 Å². The maximum atomic E-state index is 13.2. The molecule has 30 heavy (non-hydrogen) atoms. The van der Waals surface area contributed by atoms with Crippen LogP contribution in [0.4, 0.5) is 11.4 Å². The number of pyridine rings is 1. The maximum absolute atomic E-state index is 13.2. The molecule has 2 aromatic carbocycles. The lowest BCUT2D eigenvalue weighted by molar-refractivity contribution is -0.384. The van der Waals surface area contributed by atoms with Crippen LogP contribution < -0.4 is 5.32 Å². The van der Waals surface area contributed by atoms with Crippen LogP contribution >= 0.6 is 0 Å². The minimum Gasteiger partial charge on any atom is -0.358 e. The van der Waals surface area contributed by atoms with Crippen molar-refractivity contribution in [2.45, 2.75) is 32.6 Å². The molecule has 1 aromatic heterocycles. The molecular weight excluding hydrogens is 378 g/mol. The second kappa shape index (κ2) is 6.49. The highest BCUT2D eigenvalue weighted by Gasteiger charge is 2.42. The zero-order valence-corrected chi connectivity index (χ0v) is 16.8. The predicted octanol–water partition coefficient (Wildman–Crippen LogP) is 5.34. The number of allylic oxidation sites excluding steroid dienone is 2. The van der Waals surface area contributed by atoms with Gasteiger partial charge in [-0.1, -0.05) is 32.0 Å². The van der Waals surface area contributed by atoms with Crippen LogP contribution in [0.15, 0.2) is 66.0 Å². The summed E-state index contributed by atoms with van der Waals surface area (Å²) in [6.07, 6.45) is 3.04. The van der Waals surface area contributed by atoms with Gasteiger partial charge < -0.3 is 5.32 Å². The number of nitrogens with one attached hydrogen (secondary N) is 1. The standard InChI is InChI=1S/C24H21N3O3/c1-24(2)12-11-19(28)22-20(14-5-7-15(8-6-14)27(29)30)21-16-4-3-13-25-17(16)9-10-18(21)26-23(22)24/h3-10,13,20,26H,11-12H2,1-2H3. The van der Waals surface area contributed by atoms with Crippen molar-refractivity contribution in [2.24, 2.45) is 5.41 Å². The Morgan fingerprint density at radius 1 is 1.13 bits per heavy atom. The molecule has 6 heteroatoms. The van der Waals surface area contributed by atoms with Crippen LogP contribution in [0.5, 0.6) is 0 Å². The fraction of sp³-hybridized carbons (Fsp3) is 0.250. The Kier molecular flexibility index (Phi) is 4.00. The van der Waals surface area contributed by atoms with Gasteiger partial charge in [-0.05, 0) is 35.7 Å². The van der Waals surface area contributed by atoms with Gasteiger partial charge in [0, 0.05) is 58.4 Å². The van der Waals surface area contributed by atoms with Gasteiger partial charge in [0.2, 0.25) is 0 Å². The second-order valence-corrected chi connectivity index (χ2v) is 8.60. The lowest BCUT2D eigenvalue weighted by Crippen LogP contribution is -2.35. The zero-order chi connectivity index (χ0) is 21.0. The minimum atomic E-state index is -0.404. The van der Waals surface area contributed by atoms with Gasteiger partial charge in [0.15, 0.2) is 5.78 Å². The first-order valence-electron chi connectivity index (χ1n) is 10.0. The monoisotopic (exact) mass is 399 g/mol. The highest BCUT2D eigenvalue weighted by atomic mass is 16.6. The maximum Gasteiger partial charge on any atom is 0.269 e. The highest BCUT2D eigenvalue weighted by Crippen LogP contribution is 2.52. The lowest BCUT2D eigenvalue weighted by atomic mass is 9.67. The number of carbonyl (C=O) groups is 1. The number of hydrogen-bond acceptors (Lipinski definition) is 5. The Morgan fingerprint density at radius 3 is 2.63 bits per heavy atom. The van der Waals surface area contributed by atoms with E-state index in [4.69, 9.17) is 0 Å². The number of Topliss-reactive ketones (excluding diaryl/α,β-unsaturated/α-hetero) is 1. The fourth-order valence-electron chi connectivity index (χ4n) is 4.73. The molecule has 0 spiro atoms. The van der Waals surface area contributed by atoms with Crippen LogP contribution in [-0.2, 0) is 4.79 Å². The van der Waals surface area contributed by atoms with E-state index < -0.39 is 4.92 Å². The summed E-state index contributed by atoms with van der Waals surface area (Å²) in [5, 5.41) is 15.7. The number of benzene rings is 2. The van der Waals surface area contributed by atoms with Crippen molar-refractivity contribution in [2.75, 3.05) is 5.32 Å². The molecule has 5 rings (SSSR count). The number of hydrogen-bond donors (Lipinski definition) is 1. The molecule has 0 amide bonds. The number of nitrogens with zero attached hydrogens (tertiary/aromatic N) is 2. The number of non-ortho nitro benzene ring substituents is 1. The van der Waals surface area contributed by atoms with E-state index in [2.05, 4.69) is 24.1 Å². The highest BCUT2D eigenvalue weighted by molar-refractivity contribution is 6.04. The molecule has 150 valence electrons. The van der Waals surface area contributed by atoms with Crippen molar-refractivity contribution in [1.29, 1.82) is 0 Å². The number of aromatic nitrogens is 1. The smallest absolute Gasteiger partial charge is 0.269 e. The molecule has 0 bridgehead atoms. The van der Waals surface area contributed by atoms with E-state index in [1.54, 1.807) is 18.3 Å². The molecule has 0 radical (unpaired) electrons. The summed E-state index contributed by atoms with van der Waals surface area (Å²) < 4.78 is 0. The molecule has 3 aromatic rings. The molecule has 0 fully saturated rings. The normalized spacial score (nSPS) is 19.8. The summed E-state index contributed by atoms with van der Waals surface area (Å²) in [6.45, 7) is 4.31. The average molecular weight is 399 g/mol. The summed E-state index contributed by atoms with van der Waals surface area (Å²) in [4.78, 5) is 28.4. The van der Waals surface area contributed by atoms with Crippen molar-refractivity contribution in [3.63, 3.8) is 0 Å². The van der Waals surface area contributed by atoms with Crippen LogP contribution in [-0.4, -0.2) is 15.7 Å². The van der Waals surface area contributed by atoms with E-state index in [-0.39, 0.29) is 22.8 Å².